The average molecular weight is 275 g/mol. The molecule has 0 bridgehead atoms. The molecule has 5 heteroatoms. The number of carbonyl (C=O) groups excluding carboxylic acids is 1. The number of furan rings is 1. The van der Waals surface area contributed by atoms with Crippen molar-refractivity contribution in [2.45, 2.75) is 13.5 Å². The monoisotopic (exact) mass is 275 g/mol. The maximum absolute atomic E-state index is 11.5. The Bertz CT molecular complexity index is 604. The van der Waals surface area contributed by atoms with Crippen LogP contribution >= 0.6 is 0 Å². The SMILES string of the molecule is COC(=O)c1occc1CNc1ccc(OC)c(C)c1. The lowest BCUT2D eigenvalue weighted by Gasteiger charge is -2.09. The molecule has 1 N–H and O–H groups in total. The van der Waals surface area contributed by atoms with E-state index in [4.69, 9.17) is 9.15 Å². The van der Waals surface area contributed by atoms with Crippen molar-refractivity contribution in [3.63, 3.8) is 0 Å². The molecule has 0 aliphatic rings. The third kappa shape index (κ3) is 2.93. The van der Waals surface area contributed by atoms with Crippen molar-refractivity contribution in [1.82, 2.24) is 0 Å². The third-order valence-corrected chi connectivity index (χ3v) is 3.00. The van der Waals surface area contributed by atoms with Crippen LogP contribution in [-0.2, 0) is 11.3 Å². The van der Waals surface area contributed by atoms with Crippen LogP contribution in [0.2, 0.25) is 0 Å². The fourth-order valence-corrected chi connectivity index (χ4v) is 1.93. The molecule has 0 fully saturated rings. The van der Waals surface area contributed by atoms with Gasteiger partial charge < -0.3 is 19.2 Å². The highest BCUT2D eigenvalue weighted by molar-refractivity contribution is 5.87. The maximum Gasteiger partial charge on any atom is 0.374 e. The molecule has 5 nitrogen and oxygen atoms in total. The molecule has 1 aromatic carbocycles. The van der Waals surface area contributed by atoms with Gasteiger partial charge in [-0.15, -0.1) is 0 Å². The maximum atomic E-state index is 11.5. The number of benzene rings is 1. The zero-order chi connectivity index (χ0) is 14.5. The first-order valence-corrected chi connectivity index (χ1v) is 6.19. The van der Waals surface area contributed by atoms with E-state index in [0.29, 0.717) is 6.54 Å². The minimum atomic E-state index is -0.474. The van der Waals surface area contributed by atoms with Crippen molar-refractivity contribution < 1.29 is 18.7 Å². The van der Waals surface area contributed by atoms with Gasteiger partial charge in [0.1, 0.15) is 5.75 Å². The molecule has 0 saturated carbocycles. The van der Waals surface area contributed by atoms with E-state index in [1.165, 1.54) is 13.4 Å². The molecule has 20 heavy (non-hydrogen) atoms. The molecule has 0 aliphatic carbocycles. The van der Waals surface area contributed by atoms with Crippen molar-refractivity contribution in [2.75, 3.05) is 19.5 Å². The Hall–Kier alpha value is -2.43. The lowest BCUT2D eigenvalue weighted by molar-refractivity contribution is 0.0563. The number of methoxy groups -OCH3 is 2. The normalized spacial score (nSPS) is 10.2. The number of anilines is 1. The van der Waals surface area contributed by atoms with Gasteiger partial charge in [-0.3, -0.25) is 0 Å². The van der Waals surface area contributed by atoms with Gasteiger partial charge in [-0.1, -0.05) is 0 Å². The first kappa shape index (κ1) is 14.0. The molecular weight excluding hydrogens is 258 g/mol. The van der Waals surface area contributed by atoms with Gasteiger partial charge in [-0.2, -0.15) is 0 Å². The van der Waals surface area contributed by atoms with Gasteiger partial charge in [0.25, 0.3) is 0 Å². The summed E-state index contributed by atoms with van der Waals surface area (Å²) in [6.45, 7) is 2.45. The van der Waals surface area contributed by atoms with E-state index < -0.39 is 5.97 Å². The molecule has 0 aliphatic heterocycles. The largest absolute Gasteiger partial charge is 0.496 e. The van der Waals surface area contributed by atoms with Crippen molar-refractivity contribution in [2.24, 2.45) is 0 Å². The number of hydrogen-bond acceptors (Lipinski definition) is 5. The molecular formula is C15H17NO4. The van der Waals surface area contributed by atoms with Crippen LogP contribution in [-0.4, -0.2) is 20.2 Å². The molecule has 0 unspecified atom stereocenters. The molecule has 1 heterocycles. The van der Waals surface area contributed by atoms with Crippen LogP contribution < -0.4 is 10.1 Å². The van der Waals surface area contributed by atoms with Crippen molar-refractivity contribution >= 4 is 11.7 Å². The number of aryl methyl sites for hydroxylation is 1. The second kappa shape index (κ2) is 6.14. The smallest absolute Gasteiger partial charge is 0.374 e. The number of rotatable bonds is 5. The molecule has 0 spiro atoms. The fourth-order valence-electron chi connectivity index (χ4n) is 1.93. The van der Waals surface area contributed by atoms with E-state index in [9.17, 15) is 4.79 Å². The van der Waals surface area contributed by atoms with E-state index in [1.54, 1.807) is 13.2 Å². The van der Waals surface area contributed by atoms with Gasteiger partial charge >= 0.3 is 5.97 Å². The molecule has 1 aromatic heterocycles. The Morgan fingerprint density at radius 1 is 1.30 bits per heavy atom. The van der Waals surface area contributed by atoms with Crippen LogP contribution in [0, 0.1) is 6.92 Å². The Kier molecular flexibility index (Phi) is 4.30. The van der Waals surface area contributed by atoms with Crippen LogP contribution in [0.5, 0.6) is 5.75 Å². The standard InChI is InChI=1S/C15H17NO4/c1-10-8-12(4-5-13(10)18-2)16-9-11-6-7-20-14(11)15(17)19-3/h4-8,16H,9H2,1-3H3. The van der Waals surface area contributed by atoms with Crippen LogP contribution in [0.25, 0.3) is 0 Å². The Morgan fingerprint density at radius 3 is 2.75 bits per heavy atom. The highest BCUT2D eigenvalue weighted by Crippen LogP contribution is 2.22. The van der Waals surface area contributed by atoms with Crippen LogP contribution in [0.15, 0.2) is 34.9 Å². The summed E-state index contributed by atoms with van der Waals surface area (Å²) < 4.78 is 15.0. The highest BCUT2D eigenvalue weighted by atomic mass is 16.5. The molecule has 0 amide bonds. The van der Waals surface area contributed by atoms with E-state index in [2.05, 4.69) is 10.1 Å². The first-order chi connectivity index (χ1) is 9.65. The minimum Gasteiger partial charge on any atom is -0.496 e. The summed E-state index contributed by atoms with van der Waals surface area (Å²) in [5.74, 6) is 0.594. The van der Waals surface area contributed by atoms with Crippen LogP contribution in [0.3, 0.4) is 0 Å². The molecule has 2 aromatic rings. The summed E-state index contributed by atoms with van der Waals surface area (Å²) in [5.41, 5.74) is 2.74. The second-order valence-electron chi connectivity index (χ2n) is 4.30. The molecule has 2 rings (SSSR count). The van der Waals surface area contributed by atoms with E-state index in [-0.39, 0.29) is 5.76 Å². The minimum absolute atomic E-state index is 0.227. The van der Waals surface area contributed by atoms with Gasteiger partial charge in [-0.25, -0.2) is 4.79 Å². The van der Waals surface area contributed by atoms with Gasteiger partial charge in [0.05, 0.1) is 20.5 Å². The fraction of sp³-hybridized carbons (Fsp3) is 0.267. The predicted octanol–water partition coefficient (Wildman–Crippen LogP) is 3.00. The zero-order valence-electron chi connectivity index (χ0n) is 11.7. The highest BCUT2D eigenvalue weighted by Gasteiger charge is 2.15. The Balaban J connectivity index is 2.07. The van der Waals surface area contributed by atoms with Crippen LogP contribution in [0.4, 0.5) is 5.69 Å². The van der Waals surface area contributed by atoms with Crippen LogP contribution in [0.1, 0.15) is 21.7 Å². The lowest BCUT2D eigenvalue weighted by atomic mass is 10.2. The Labute approximate surface area is 117 Å². The number of ether oxygens (including phenoxy) is 2. The predicted molar refractivity (Wildman–Crippen MR) is 75.1 cm³/mol. The number of esters is 1. The summed E-state index contributed by atoms with van der Waals surface area (Å²) in [6.07, 6.45) is 1.47. The molecule has 0 saturated heterocycles. The third-order valence-electron chi connectivity index (χ3n) is 3.00. The van der Waals surface area contributed by atoms with Crippen molar-refractivity contribution in [1.29, 1.82) is 0 Å². The lowest BCUT2D eigenvalue weighted by Crippen LogP contribution is -2.06. The zero-order valence-corrected chi connectivity index (χ0v) is 11.7. The first-order valence-electron chi connectivity index (χ1n) is 6.19. The second-order valence-corrected chi connectivity index (χ2v) is 4.30. The molecule has 0 atom stereocenters. The van der Waals surface area contributed by atoms with Gasteiger partial charge in [0.15, 0.2) is 0 Å². The number of hydrogen-bond donors (Lipinski definition) is 1. The average Bonchev–Trinajstić information content (AvgIpc) is 2.93. The Morgan fingerprint density at radius 2 is 2.10 bits per heavy atom. The molecule has 0 radical (unpaired) electrons. The summed E-state index contributed by atoms with van der Waals surface area (Å²) in [5, 5.41) is 3.24. The summed E-state index contributed by atoms with van der Waals surface area (Å²) in [7, 11) is 2.97. The van der Waals surface area contributed by atoms with E-state index >= 15 is 0 Å². The van der Waals surface area contributed by atoms with Gasteiger partial charge in [0.2, 0.25) is 5.76 Å². The number of nitrogens with one attached hydrogen (secondary N) is 1. The van der Waals surface area contributed by atoms with Crippen molar-refractivity contribution in [3.05, 3.63) is 47.4 Å². The summed E-state index contributed by atoms with van der Waals surface area (Å²) in [6, 6.07) is 7.55. The topological polar surface area (TPSA) is 60.7 Å². The van der Waals surface area contributed by atoms with Crippen molar-refractivity contribution in [3.8, 4) is 5.75 Å². The van der Waals surface area contributed by atoms with Gasteiger partial charge in [-0.05, 0) is 36.8 Å². The van der Waals surface area contributed by atoms with E-state index in [1.807, 2.05) is 25.1 Å². The quantitative estimate of drug-likeness (QED) is 0.850. The summed E-state index contributed by atoms with van der Waals surface area (Å²) in [4.78, 5) is 11.5. The van der Waals surface area contributed by atoms with Gasteiger partial charge in [0, 0.05) is 17.8 Å². The van der Waals surface area contributed by atoms with E-state index in [0.717, 1.165) is 22.6 Å². The number of carbonyl (C=O) groups is 1. The molecule has 106 valence electrons. The summed E-state index contributed by atoms with van der Waals surface area (Å²) >= 11 is 0.